The molecular formula is C19H24N6O2. The second-order valence-electron chi connectivity index (χ2n) is 7.22. The third-order valence-electron chi connectivity index (χ3n) is 4.94. The van der Waals surface area contributed by atoms with Crippen LogP contribution in [-0.2, 0) is 24.2 Å². The number of hydrogen-bond donors (Lipinski definition) is 2. The minimum absolute atomic E-state index is 0.100. The number of carbonyl (C=O) groups excluding carboxylic acids is 1. The van der Waals surface area contributed by atoms with Crippen LogP contribution in [0.4, 0.5) is 0 Å². The second-order valence-corrected chi connectivity index (χ2v) is 7.22. The lowest BCUT2D eigenvalue weighted by molar-refractivity contribution is -0.121. The van der Waals surface area contributed by atoms with E-state index in [1.165, 1.54) is 0 Å². The van der Waals surface area contributed by atoms with Crippen LogP contribution in [0.5, 0.6) is 0 Å². The Morgan fingerprint density at radius 2 is 2.15 bits per heavy atom. The predicted octanol–water partition coefficient (Wildman–Crippen LogP) is 1.62. The largest absolute Gasteiger partial charge is 0.356 e. The molecule has 0 bridgehead atoms. The zero-order valence-electron chi connectivity index (χ0n) is 15.6. The van der Waals surface area contributed by atoms with E-state index in [9.17, 15) is 4.79 Å². The number of aromatic nitrogens is 4. The summed E-state index contributed by atoms with van der Waals surface area (Å²) in [5.74, 6) is 1.88. The van der Waals surface area contributed by atoms with Crippen molar-refractivity contribution in [1.29, 1.82) is 0 Å². The van der Waals surface area contributed by atoms with Crippen LogP contribution in [0.15, 0.2) is 28.8 Å². The second kappa shape index (κ2) is 7.48. The van der Waals surface area contributed by atoms with Gasteiger partial charge in [0.15, 0.2) is 11.4 Å². The fourth-order valence-electron chi connectivity index (χ4n) is 3.50. The highest BCUT2D eigenvalue weighted by Crippen LogP contribution is 2.23. The van der Waals surface area contributed by atoms with Crippen LogP contribution in [0.2, 0.25) is 0 Å². The van der Waals surface area contributed by atoms with Gasteiger partial charge in [-0.25, -0.2) is 0 Å². The summed E-state index contributed by atoms with van der Waals surface area (Å²) in [4.78, 5) is 12.7. The Morgan fingerprint density at radius 3 is 3.00 bits per heavy atom. The smallest absolute Gasteiger partial charge is 0.226 e. The molecule has 0 saturated carbocycles. The molecule has 1 amide bonds. The number of benzene rings is 1. The molecule has 0 spiro atoms. The number of fused-ring (bicyclic) bond motifs is 2. The Hall–Kier alpha value is -2.74. The van der Waals surface area contributed by atoms with Crippen molar-refractivity contribution >= 4 is 16.9 Å². The Balaban J connectivity index is 1.53. The fraction of sp³-hybridized carbons (Fsp3) is 0.474. The van der Waals surface area contributed by atoms with Gasteiger partial charge in [-0.05, 0) is 18.1 Å². The molecule has 3 aromatic rings. The van der Waals surface area contributed by atoms with E-state index in [1.54, 1.807) is 0 Å². The third-order valence-corrected chi connectivity index (χ3v) is 4.94. The van der Waals surface area contributed by atoms with Crippen molar-refractivity contribution < 1.29 is 9.32 Å². The molecule has 8 heteroatoms. The molecule has 1 atom stereocenters. The van der Waals surface area contributed by atoms with E-state index in [0.717, 1.165) is 43.1 Å². The first kappa shape index (κ1) is 17.7. The normalized spacial score (nSPS) is 15.5. The average molecular weight is 368 g/mol. The van der Waals surface area contributed by atoms with Crippen LogP contribution < -0.4 is 10.6 Å². The van der Waals surface area contributed by atoms with Gasteiger partial charge in [-0.1, -0.05) is 31.1 Å². The van der Waals surface area contributed by atoms with Crippen LogP contribution in [0.25, 0.3) is 11.0 Å². The highest BCUT2D eigenvalue weighted by Gasteiger charge is 2.27. The maximum absolute atomic E-state index is 12.7. The molecule has 0 unspecified atom stereocenters. The van der Waals surface area contributed by atoms with Crippen LogP contribution in [0, 0.1) is 5.92 Å². The molecule has 0 saturated heterocycles. The van der Waals surface area contributed by atoms with Gasteiger partial charge in [0.1, 0.15) is 11.5 Å². The topological polar surface area (TPSA) is 97.9 Å². The summed E-state index contributed by atoms with van der Waals surface area (Å²) >= 11 is 0. The van der Waals surface area contributed by atoms with Crippen LogP contribution in [-0.4, -0.2) is 38.9 Å². The molecule has 1 aliphatic rings. The molecule has 4 rings (SSSR count). The van der Waals surface area contributed by atoms with Crippen molar-refractivity contribution in [3.8, 4) is 0 Å². The maximum atomic E-state index is 12.7. The van der Waals surface area contributed by atoms with E-state index in [1.807, 2.05) is 24.3 Å². The van der Waals surface area contributed by atoms with Gasteiger partial charge in [0.2, 0.25) is 5.91 Å². The van der Waals surface area contributed by atoms with E-state index in [2.05, 4.69) is 44.4 Å². The van der Waals surface area contributed by atoms with Crippen LogP contribution in [0.3, 0.4) is 0 Å². The molecule has 8 nitrogen and oxygen atoms in total. The molecule has 27 heavy (non-hydrogen) atoms. The van der Waals surface area contributed by atoms with E-state index in [0.29, 0.717) is 11.3 Å². The molecule has 0 radical (unpaired) electrons. The molecule has 1 aromatic carbocycles. The maximum Gasteiger partial charge on any atom is 0.226 e. The van der Waals surface area contributed by atoms with Gasteiger partial charge >= 0.3 is 0 Å². The first-order valence-electron chi connectivity index (χ1n) is 9.39. The molecular weight excluding hydrogens is 344 g/mol. The molecule has 0 fully saturated rings. The molecule has 2 N–H and O–H groups in total. The van der Waals surface area contributed by atoms with Crippen molar-refractivity contribution in [1.82, 2.24) is 30.6 Å². The van der Waals surface area contributed by atoms with E-state index >= 15 is 0 Å². The summed E-state index contributed by atoms with van der Waals surface area (Å²) in [6.45, 7) is 6.74. The molecule has 3 heterocycles. The van der Waals surface area contributed by atoms with E-state index < -0.39 is 0 Å². The number of amides is 1. The van der Waals surface area contributed by atoms with Crippen molar-refractivity contribution in [2.45, 2.75) is 39.3 Å². The molecule has 2 aromatic heterocycles. The van der Waals surface area contributed by atoms with Crippen molar-refractivity contribution in [2.24, 2.45) is 5.92 Å². The number of nitrogens with zero attached hydrogens (tertiary/aromatic N) is 4. The highest BCUT2D eigenvalue weighted by molar-refractivity contribution is 5.86. The van der Waals surface area contributed by atoms with Crippen LogP contribution >= 0.6 is 0 Å². The van der Waals surface area contributed by atoms with Gasteiger partial charge in [-0.2, -0.15) is 0 Å². The first-order chi connectivity index (χ1) is 13.1. The Bertz CT molecular complexity index is 945. The van der Waals surface area contributed by atoms with E-state index in [-0.39, 0.29) is 24.3 Å². The summed E-state index contributed by atoms with van der Waals surface area (Å²) in [5.41, 5.74) is 1.34. The number of carbonyl (C=O) groups is 1. The number of nitrogens with one attached hydrogen (secondary N) is 2. The Labute approximate surface area is 157 Å². The van der Waals surface area contributed by atoms with Crippen molar-refractivity contribution in [3.63, 3.8) is 0 Å². The lowest BCUT2D eigenvalue weighted by Gasteiger charge is -2.22. The standard InChI is InChI=1S/C19H24N6O2/c1-12(2)18(19-23-22-16-7-8-20-9-10-25(16)19)21-17(26)11-14-13-5-3-4-6-15(13)27-24-14/h3-6,12,18,20H,7-11H2,1-2H3,(H,21,26)/t18-/m1/s1. The highest BCUT2D eigenvalue weighted by atomic mass is 16.5. The van der Waals surface area contributed by atoms with Crippen molar-refractivity contribution in [2.75, 3.05) is 13.1 Å². The minimum atomic E-state index is -0.199. The third kappa shape index (κ3) is 3.57. The quantitative estimate of drug-likeness (QED) is 0.710. The minimum Gasteiger partial charge on any atom is -0.356 e. The van der Waals surface area contributed by atoms with Crippen molar-refractivity contribution in [3.05, 3.63) is 41.6 Å². The lowest BCUT2D eigenvalue weighted by Crippen LogP contribution is -2.35. The van der Waals surface area contributed by atoms with Gasteiger partial charge in [0.25, 0.3) is 0 Å². The van der Waals surface area contributed by atoms with E-state index in [4.69, 9.17) is 4.52 Å². The Morgan fingerprint density at radius 1 is 1.30 bits per heavy atom. The fourth-order valence-corrected chi connectivity index (χ4v) is 3.50. The Kier molecular flexibility index (Phi) is 4.89. The van der Waals surface area contributed by atoms with Gasteiger partial charge in [0, 0.05) is 31.4 Å². The van der Waals surface area contributed by atoms with Crippen LogP contribution in [0.1, 0.15) is 37.2 Å². The summed E-state index contributed by atoms with van der Waals surface area (Å²) in [7, 11) is 0. The number of para-hydroxylation sites is 1. The summed E-state index contributed by atoms with van der Waals surface area (Å²) in [5, 5.41) is 20.2. The number of hydrogen-bond acceptors (Lipinski definition) is 6. The average Bonchev–Trinajstić information content (AvgIpc) is 3.16. The SMILES string of the molecule is CC(C)[C@@H](NC(=O)Cc1noc2ccccc12)c1nnc2n1CCNCC2. The van der Waals surface area contributed by atoms with Gasteiger partial charge in [-0.15, -0.1) is 10.2 Å². The first-order valence-corrected chi connectivity index (χ1v) is 9.39. The predicted molar refractivity (Wildman–Crippen MR) is 100 cm³/mol. The molecule has 0 aliphatic carbocycles. The summed E-state index contributed by atoms with van der Waals surface area (Å²) in [6.07, 6.45) is 1.01. The van der Waals surface area contributed by atoms with Gasteiger partial charge in [-0.3, -0.25) is 4.79 Å². The van der Waals surface area contributed by atoms with Gasteiger partial charge < -0.3 is 19.7 Å². The number of rotatable bonds is 5. The zero-order valence-corrected chi connectivity index (χ0v) is 15.6. The lowest BCUT2D eigenvalue weighted by atomic mass is 10.0. The summed E-state index contributed by atoms with van der Waals surface area (Å²) in [6, 6.07) is 7.37. The zero-order chi connectivity index (χ0) is 18.8. The van der Waals surface area contributed by atoms with Gasteiger partial charge in [0.05, 0.1) is 12.5 Å². The molecule has 1 aliphatic heterocycles. The monoisotopic (exact) mass is 368 g/mol. The molecule has 142 valence electrons. The summed E-state index contributed by atoms with van der Waals surface area (Å²) < 4.78 is 7.43.